The molecule has 0 aliphatic carbocycles. The van der Waals surface area contributed by atoms with Crippen LogP contribution in [0.25, 0.3) is 0 Å². The topological polar surface area (TPSA) is 28.2 Å². The molecule has 0 spiro atoms. The second-order valence-corrected chi connectivity index (χ2v) is 8.06. The van der Waals surface area contributed by atoms with E-state index < -0.39 is 0 Å². The predicted octanol–water partition coefficient (Wildman–Crippen LogP) is 4.37. The molecular formula is C16H25N3S2. The van der Waals surface area contributed by atoms with Crippen molar-refractivity contribution in [2.24, 2.45) is 5.92 Å². The van der Waals surface area contributed by atoms with Crippen LogP contribution >= 0.6 is 22.7 Å². The minimum atomic E-state index is 0.453. The Hall–Kier alpha value is -0.910. The van der Waals surface area contributed by atoms with Gasteiger partial charge in [0.1, 0.15) is 0 Å². The van der Waals surface area contributed by atoms with Gasteiger partial charge in [-0.1, -0.05) is 19.9 Å². The van der Waals surface area contributed by atoms with E-state index in [4.69, 9.17) is 0 Å². The summed E-state index contributed by atoms with van der Waals surface area (Å²) in [5.41, 5.74) is 0. The van der Waals surface area contributed by atoms with Crippen LogP contribution < -0.4 is 10.2 Å². The summed E-state index contributed by atoms with van der Waals surface area (Å²) in [5.74, 6) is 0.684. The molecule has 0 saturated carbocycles. The van der Waals surface area contributed by atoms with E-state index in [0.717, 1.165) is 24.8 Å². The van der Waals surface area contributed by atoms with Crippen LogP contribution in [0.5, 0.6) is 0 Å². The van der Waals surface area contributed by atoms with Gasteiger partial charge in [-0.3, -0.25) is 0 Å². The number of thiazole rings is 1. The van der Waals surface area contributed by atoms with E-state index in [9.17, 15) is 0 Å². The zero-order valence-electron chi connectivity index (χ0n) is 13.3. The first-order valence-electron chi connectivity index (χ1n) is 7.50. The van der Waals surface area contributed by atoms with Crippen LogP contribution in [-0.4, -0.2) is 17.6 Å². The molecule has 0 fully saturated rings. The summed E-state index contributed by atoms with van der Waals surface area (Å²) in [4.78, 5) is 9.70. The first kappa shape index (κ1) is 16.5. The SMILES string of the molecule is CC(C)CNCc1cnc(N(Cc2cccs2)C(C)C)s1. The van der Waals surface area contributed by atoms with Crippen molar-refractivity contribution in [3.8, 4) is 0 Å². The number of aromatic nitrogens is 1. The molecule has 116 valence electrons. The number of rotatable bonds is 8. The molecule has 0 aromatic carbocycles. The molecule has 2 aromatic rings. The third kappa shape index (κ3) is 5.09. The summed E-state index contributed by atoms with van der Waals surface area (Å²) in [6, 6.07) is 4.76. The number of hydrogen-bond acceptors (Lipinski definition) is 5. The normalized spacial score (nSPS) is 11.5. The molecular weight excluding hydrogens is 298 g/mol. The second kappa shape index (κ2) is 7.92. The predicted molar refractivity (Wildman–Crippen MR) is 94.3 cm³/mol. The molecule has 2 rings (SSSR count). The van der Waals surface area contributed by atoms with Crippen molar-refractivity contribution >= 4 is 27.8 Å². The molecule has 0 amide bonds. The summed E-state index contributed by atoms with van der Waals surface area (Å²) in [6.07, 6.45) is 2.01. The molecule has 0 bridgehead atoms. The van der Waals surface area contributed by atoms with Gasteiger partial charge in [0.25, 0.3) is 0 Å². The van der Waals surface area contributed by atoms with Crippen LogP contribution in [0.4, 0.5) is 5.13 Å². The summed E-state index contributed by atoms with van der Waals surface area (Å²) >= 11 is 3.61. The molecule has 0 aliphatic heterocycles. The van der Waals surface area contributed by atoms with Gasteiger partial charge in [0.15, 0.2) is 5.13 Å². The van der Waals surface area contributed by atoms with Gasteiger partial charge in [0, 0.05) is 28.5 Å². The highest BCUT2D eigenvalue weighted by atomic mass is 32.1. The largest absolute Gasteiger partial charge is 0.341 e. The Bertz CT molecular complexity index is 517. The zero-order valence-corrected chi connectivity index (χ0v) is 14.9. The van der Waals surface area contributed by atoms with Crippen LogP contribution in [0.1, 0.15) is 37.4 Å². The smallest absolute Gasteiger partial charge is 0.186 e. The van der Waals surface area contributed by atoms with Crippen LogP contribution in [-0.2, 0) is 13.1 Å². The first-order chi connectivity index (χ1) is 10.1. The maximum absolute atomic E-state index is 4.63. The Kier molecular flexibility index (Phi) is 6.21. The fraction of sp³-hybridized carbons (Fsp3) is 0.562. The quantitative estimate of drug-likeness (QED) is 0.782. The minimum absolute atomic E-state index is 0.453. The molecule has 2 heterocycles. The second-order valence-electron chi connectivity index (χ2n) is 5.93. The van der Waals surface area contributed by atoms with Crippen LogP contribution in [0, 0.1) is 5.92 Å². The lowest BCUT2D eigenvalue weighted by Gasteiger charge is -2.25. The number of anilines is 1. The average Bonchev–Trinajstić information content (AvgIpc) is 3.06. The lowest BCUT2D eigenvalue weighted by Crippen LogP contribution is -2.29. The Morgan fingerprint density at radius 3 is 2.67 bits per heavy atom. The van der Waals surface area contributed by atoms with Gasteiger partial charge in [-0.05, 0) is 37.8 Å². The molecule has 5 heteroatoms. The Morgan fingerprint density at radius 2 is 2.05 bits per heavy atom. The van der Waals surface area contributed by atoms with Crippen LogP contribution in [0.3, 0.4) is 0 Å². The van der Waals surface area contributed by atoms with Gasteiger partial charge in [-0.15, -0.1) is 22.7 Å². The Balaban J connectivity index is 1.99. The van der Waals surface area contributed by atoms with Gasteiger partial charge >= 0.3 is 0 Å². The summed E-state index contributed by atoms with van der Waals surface area (Å²) < 4.78 is 0. The zero-order chi connectivity index (χ0) is 15.2. The number of hydrogen-bond donors (Lipinski definition) is 1. The summed E-state index contributed by atoms with van der Waals surface area (Å²) in [5, 5.41) is 6.74. The standard InChI is InChI=1S/C16H25N3S2/c1-12(2)8-17-9-15-10-18-16(21-15)19(13(3)4)11-14-6-5-7-20-14/h5-7,10,12-13,17H,8-9,11H2,1-4H3. The van der Waals surface area contributed by atoms with Crippen molar-refractivity contribution in [3.05, 3.63) is 33.5 Å². The van der Waals surface area contributed by atoms with E-state index in [1.165, 1.54) is 9.75 Å². The third-order valence-electron chi connectivity index (χ3n) is 3.17. The van der Waals surface area contributed by atoms with Crippen LogP contribution in [0.2, 0.25) is 0 Å². The van der Waals surface area contributed by atoms with Crippen LogP contribution in [0.15, 0.2) is 23.7 Å². The first-order valence-corrected chi connectivity index (χ1v) is 9.20. The van der Waals surface area contributed by atoms with Gasteiger partial charge in [0.2, 0.25) is 0 Å². The van der Waals surface area contributed by atoms with E-state index in [1.54, 1.807) is 11.3 Å². The van der Waals surface area contributed by atoms with Gasteiger partial charge in [0.05, 0.1) is 6.54 Å². The molecule has 0 saturated heterocycles. The van der Waals surface area contributed by atoms with Crippen molar-refractivity contribution in [2.45, 2.75) is 46.8 Å². The maximum atomic E-state index is 4.63. The Labute approximate surface area is 136 Å². The van der Waals surface area contributed by atoms with Gasteiger partial charge < -0.3 is 10.2 Å². The maximum Gasteiger partial charge on any atom is 0.186 e. The van der Waals surface area contributed by atoms with Crippen molar-refractivity contribution in [1.82, 2.24) is 10.3 Å². The lowest BCUT2D eigenvalue weighted by molar-refractivity contribution is 0.554. The molecule has 0 aliphatic rings. The van der Waals surface area contributed by atoms with Crippen molar-refractivity contribution < 1.29 is 0 Å². The molecule has 0 atom stereocenters. The average molecular weight is 324 g/mol. The molecule has 1 N–H and O–H groups in total. The van der Waals surface area contributed by atoms with E-state index in [0.29, 0.717) is 12.0 Å². The van der Waals surface area contributed by atoms with E-state index in [-0.39, 0.29) is 0 Å². The molecule has 2 aromatic heterocycles. The third-order valence-corrected chi connectivity index (χ3v) is 5.06. The van der Waals surface area contributed by atoms with E-state index >= 15 is 0 Å². The lowest BCUT2D eigenvalue weighted by atomic mass is 10.2. The van der Waals surface area contributed by atoms with E-state index in [1.807, 2.05) is 17.5 Å². The summed E-state index contributed by atoms with van der Waals surface area (Å²) in [6.45, 7) is 11.8. The number of thiophene rings is 1. The van der Waals surface area contributed by atoms with Gasteiger partial charge in [-0.2, -0.15) is 0 Å². The Morgan fingerprint density at radius 1 is 1.24 bits per heavy atom. The highest BCUT2D eigenvalue weighted by Gasteiger charge is 2.15. The number of nitrogens with one attached hydrogen (secondary N) is 1. The monoisotopic (exact) mass is 323 g/mol. The van der Waals surface area contributed by atoms with Gasteiger partial charge in [-0.25, -0.2) is 4.98 Å². The molecule has 21 heavy (non-hydrogen) atoms. The van der Waals surface area contributed by atoms with Crippen molar-refractivity contribution in [3.63, 3.8) is 0 Å². The fourth-order valence-electron chi connectivity index (χ4n) is 2.04. The molecule has 0 radical (unpaired) electrons. The van der Waals surface area contributed by atoms with E-state index in [2.05, 4.69) is 60.4 Å². The highest BCUT2D eigenvalue weighted by molar-refractivity contribution is 7.15. The highest BCUT2D eigenvalue weighted by Crippen LogP contribution is 2.27. The number of nitrogens with zero attached hydrogens (tertiary/aromatic N) is 2. The summed E-state index contributed by atoms with van der Waals surface area (Å²) in [7, 11) is 0. The van der Waals surface area contributed by atoms with Crippen molar-refractivity contribution in [1.29, 1.82) is 0 Å². The van der Waals surface area contributed by atoms with Crippen molar-refractivity contribution in [2.75, 3.05) is 11.4 Å². The molecule has 3 nitrogen and oxygen atoms in total. The minimum Gasteiger partial charge on any atom is -0.341 e. The fourth-order valence-corrected chi connectivity index (χ4v) is 3.75. The molecule has 0 unspecified atom stereocenters.